The first-order valence-electron chi connectivity index (χ1n) is 12.4. The first-order chi connectivity index (χ1) is 18.6. The summed E-state index contributed by atoms with van der Waals surface area (Å²) in [4.78, 5) is 21.7. The Morgan fingerprint density at radius 3 is 2.59 bits per heavy atom. The van der Waals surface area contributed by atoms with Gasteiger partial charge >= 0.3 is 6.18 Å². The van der Waals surface area contributed by atoms with E-state index >= 15 is 0 Å². The first-order valence-corrected chi connectivity index (χ1v) is 12.4. The van der Waals surface area contributed by atoms with Crippen LogP contribution in [-0.4, -0.2) is 32.1 Å². The van der Waals surface area contributed by atoms with E-state index in [9.17, 15) is 18.0 Å². The fourth-order valence-corrected chi connectivity index (χ4v) is 4.07. The molecule has 4 aromatic rings. The quantitative estimate of drug-likeness (QED) is 0.256. The Morgan fingerprint density at radius 2 is 1.87 bits per heavy atom. The van der Waals surface area contributed by atoms with Crippen molar-refractivity contribution < 1.29 is 18.0 Å². The second-order valence-corrected chi connectivity index (χ2v) is 9.16. The molecule has 0 atom stereocenters. The van der Waals surface area contributed by atoms with E-state index in [2.05, 4.69) is 20.4 Å². The van der Waals surface area contributed by atoms with E-state index in [-0.39, 0.29) is 24.1 Å². The number of nitrogens with zero attached hydrogens (tertiary/aromatic N) is 4. The number of ketones is 1. The van der Waals surface area contributed by atoms with Crippen molar-refractivity contribution in [2.45, 2.75) is 39.8 Å². The van der Waals surface area contributed by atoms with Gasteiger partial charge in [-0.3, -0.25) is 4.79 Å². The monoisotopic (exact) mass is 534 g/mol. The standard InChI is InChI=1S/C29H29F3N6O/c1-4-24-16-27(35-17-34-24)38-28(10-19(3)37-38)36-25-13-21(8-7-18(25)2)14-26(39)22-11-20(6-5-9-33)12-23(15-22)29(30,31)32/h5-8,10-13,15-17,36H,4,9,14,33H2,1-3H3/b6-5+. The van der Waals surface area contributed by atoms with Crippen molar-refractivity contribution in [1.29, 1.82) is 0 Å². The number of Topliss-reactive ketones (excluding diaryl/α,β-unsaturated/α-hetero) is 1. The molecule has 0 aliphatic rings. The third-order valence-electron chi connectivity index (χ3n) is 6.10. The number of rotatable bonds is 9. The van der Waals surface area contributed by atoms with Crippen molar-refractivity contribution in [3.05, 3.63) is 100 Å². The summed E-state index contributed by atoms with van der Waals surface area (Å²) >= 11 is 0. The molecule has 2 heterocycles. The molecule has 0 fully saturated rings. The Labute approximate surface area is 224 Å². The van der Waals surface area contributed by atoms with Crippen LogP contribution in [0.4, 0.5) is 24.7 Å². The number of alkyl halides is 3. The van der Waals surface area contributed by atoms with Gasteiger partial charge in [0.05, 0.1) is 11.3 Å². The predicted molar refractivity (Wildman–Crippen MR) is 145 cm³/mol. The minimum atomic E-state index is -4.58. The largest absolute Gasteiger partial charge is 0.416 e. The summed E-state index contributed by atoms with van der Waals surface area (Å²) in [6, 6.07) is 12.6. The number of carbonyl (C=O) groups is 1. The second-order valence-electron chi connectivity index (χ2n) is 9.16. The lowest BCUT2D eigenvalue weighted by atomic mass is 9.97. The van der Waals surface area contributed by atoms with E-state index < -0.39 is 17.5 Å². The highest BCUT2D eigenvalue weighted by atomic mass is 19.4. The molecule has 0 saturated heterocycles. The van der Waals surface area contributed by atoms with Gasteiger partial charge in [-0.05, 0) is 61.2 Å². The lowest BCUT2D eigenvalue weighted by Crippen LogP contribution is -2.10. The van der Waals surface area contributed by atoms with Crippen molar-refractivity contribution in [2.75, 3.05) is 11.9 Å². The number of nitrogens with one attached hydrogen (secondary N) is 1. The Bertz CT molecular complexity index is 1520. The van der Waals surface area contributed by atoms with Crippen molar-refractivity contribution in [3.8, 4) is 5.82 Å². The molecule has 0 radical (unpaired) electrons. The summed E-state index contributed by atoms with van der Waals surface area (Å²) < 4.78 is 42.1. The Hall–Kier alpha value is -4.31. The van der Waals surface area contributed by atoms with E-state index in [1.807, 2.05) is 45.0 Å². The van der Waals surface area contributed by atoms with Crippen LogP contribution in [0.5, 0.6) is 0 Å². The number of nitrogens with two attached hydrogens (primary N) is 1. The second kappa shape index (κ2) is 11.6. The molecular weight excluding hydrogens is 505 g/mol. The minimum Gasteiger partial charge on any atom is -0.340 e. The number of hydrogen-bond donors (Lipinski definition) is 2. The van der Waals surface area contributed by atoms with E-state index in [1.165, 1.54) is 18.5 Å². The van der Waals surface area contributed by atoms with E-state index in [0.29, 0.717) is 17.2 Å². The van der Waals surface area contributed by atoms with Crippen LogP contribution in [0.25, 0.3) is 11.9 Å². The number of hydrogen-bond acceptors (Lipinski definition) is 6. The van der Waals surface area contributed by atoms with Crippen LogP contribution in [0, 0.1) is 13.8 Å². The molecule has 2 aromatic carbocycles. The average Bonchev–Trinajstić information content (AvgIpc) is 3.28. The summed E-state index contributed by atoms with van der Waals surface area (Å²) in [5, 5.41) is 7.93. The van der Waals surface area contributed by atoms with Crippen molar-refractivity contribution in [1.82, 2.24) is 19.7 Å². The number of benzene rings is 2. The van der Waals surface area contributed by atoms with Gasteiger partial charge in [-0.15, -0.1) is 0 Å². The Kier molecular flexibility index (Phi) is 8.25. The first kappa shape index (κ1) is 27.7. The molecule has 7 nitrogen and oxygen atoms in total. The Balaban J connectivity index is 1.62. The van der Waals surface area contributed by atoms with Crippen LogP contribution in [0.15, 0.2) is 60.9 Å². The zero-order valence-corrected chi connectivity index (χ0v) is 21.9. The molecule has 0 saturated carbocycles. The molecule has 4 rings (SSSR count). The summed E-state index contributed by atoms with van der Waals surface area (Å²) in [5.41, 5.74) is 8.79. The van der Waals surface area contributed by atoms with Crippen LogP contribution in [0.3, 0.4) is 0 Å². The van der Waals surface area contributed by atoms with Crippen LogP contribution < -0.4 is 11.1 Å². The molecule has 0 aliphatic heterocycles. The highest BCUT2D eigenvalue weighted by molar-refractivity contribution is 5.98. The summed E-state index contributed by atoms with van der Waals surface area (Å²) in [6.07, 6.45) is 0.623. The number of aromatic nitrogens is 4. The van der Waals surface area contributed by atoms with Gasteiger partial charge in [0.2, 0.25) is 0 Å². The maximum absolute atomic E-state index is 13.5. The van der Waals surface area contributed by atoms with Crippen LogP contribution >= 0.6 is 0 Å². The topological polar surface area (TPSA) is 98.7 Å². The van der Waals surface area contributed by atoms with Gasteiger partial charge in [0, 0.05) is 42.0 Å². The molecule has 10 heteroatoms. The van der Waals surface area contributed by atoms with E-state index in [4.69, 9.17) is 5.73 Å². The van der Waals surface area contributed by atoms with Gasteiger partial charge < -0.3 is 11.1 Å². The normalized spacial score (nSPS) is 11.8. The minimum absolute atomic E-state index is 0.0132. The number of aryl methyl sites for hydroxylation is 3. The molecule has 39 heavy (non-hydrogen) atoms. The molecule has 0 unspecified atom stereocenters. The highest BCUT2D eigenvalue weighted by Crippen LogP contribution is 2.32. The number of carbonyl (C=O) groups excluding carboxylic acids is 1. The molecular formula is C29H29F3N6O. The zero-order chi connectivity index (χ0) is 28.2. The zero-order valence-electron chi connectivity index (χ0n) is 21.9. The molecule has 202 valence electrons. The van der Waals surface area contributed by atoms with E-state index in [0.717, 1.165) is 41.2 Å². The average molecular weight is 535 g/mol. The highest BCUT2D eigenvalue weighted by Gasteiger charge is 2.31. The third kappa shape index (κ3) is 6.77. The van der Waals surface area contributed by atoms with Gasteiger partial charge in [-0.25, -0.2) is 9.97 Å². The maximum atomic E-state index is 13.5. The van der Waals surface area contributed by atoms with Gasteiger partial charge in [0.15, 0.2) is 11.6 Å². The fourth-order valence-electron chi connectivity index (χ4n) is 4.07. The van der Waals surface area contributed by atoms with Gasteiger partial charge in [0.25, 0.3) is 0 Å². The molecule has 2 aromatic heterocycles. The van der Waals surface area contributed by atoms with Crippen molar-refractivity contribution in [2.24, 2.45) is 5.73 Å². The summed E-state index contributed by atoms with van der Waals surface area (Å²) in [6.45, 7) is 5.97. The Morgan fingerprint density at radius 1 is 1.08 bits per heavy atom. The SMILES string of the molecule is CCc1cc(-n2nc(C)cc2Nc2cc(CC(=O)c3cc(/C=C/CN)cc(C(F)(F)F)c3)ccc2C)ncn1. The van der Waals surface area contributed by atoms with Crippen LogP contribution in [0.1, 0.15) is 50.9 Å². The van der Waals surface area contributed by atoms with Crippen LogP contribution in [0.2, 0.25) is 0 Å². The van der Waals surface area contributed by atoms with Gasteiger partial charge in [0.1, 0.15) is 12.1 Å². The fraction of sp³-hybridized carbons (Fsp3) is 0.241. The van der Waals surface area contributed by atoms with Crippen LogP contribution in [-0.2, 0) is 19.0 Å². The predicted octanol–water partition coefficient (Wildman–Crippen LogP) is 6.00. The number of anilines is 2. The maximum Gasteiger partial charge on any atom is 0.416 e. The molecule has 0 spiro atoms. The third-order valence-corrected chi connectivity index (χ3v) is 6.10. The van der Waals surface area contributed by atoms with Crippen molar-refractivity contribution >= 4 is 23.4 Å². The molecule has 3 N–H and O–H groups in total. The van der Waals surface area contributed by atoms with Crippen molar-refractivity contribution in [3.63, 3.8) is 0 Å². The van der Waals surface area contributed by atoms with E-state index in [1.54, 1.807) is 16.8 Å². The smallest absolute Gasteiger partial charge is 0.340 e. The summed E-state index contributed by atoms with van der Waals surface area (Å²) in [5.74, 6) is 0.867. The number of halogens is 3. The van der Waals surface area contributed by atoms with Gasteiger partial charge in [-0.2, -0.15) is 23.0 Å². The molecule has 0 aliphatic carbocycles. The van der Waals surface area contributed by atoms with Gasteiger partial charge in [-0.1, -0.05) is 31.2 Å². The molecule has 0 bridgehead atoms. The lowest BCUT2D eigenvalue weighted by molar-refractivity contribution is -0.137. The lowest BCUT2D eigenvalue weighted by Gasteiger charge is -2.14. The summed E-state index contributed by atoms with van der Waals surface area (Å²) in [7, 11) is 0. The molecule has 0 amide bonds.